The van der Waals surface area contributed by atoms with Gasteiger partial charge in [0.25, 0.3) is 0 Å². The van der Waals surface area contributed by atoms with E-state index in [1.165, 1.54) is 0 Å². The monoisotopic (exact) mass is 421 g/mol. The Balaban J connectivity index is 1.27. The maximum Gasteiger partial charge on any atom is 0.335 e. The van der Waals surface area contributed by atoms with Gasteiger partial charge in [0.05, 0.1) is 24.3 Å². The Hall–Kier alpha value is -3.06. The maximum atomic E-state index is 12.0. The normalized spacial score (nSPS) is 24.5. The topological polar surface area (TPSA) is 100 Å². The van der Waals surface area contributed by atoms with Crippen LogP contribution in [0.4, 0.5) is 5.69 Å². The number of azo groups is 1. The van der Waals surface area contributed by atoms with Crippen molar-refractivity contribution in [1.29, 1.82) is 0 Å². The number of carboxylic acid groups (broad SMARTS) is 1. The third-order valence-electron chi connectivity index (χ3n) is 6.22. The van der Waals surface area contributed by atoms with E-state index in [1.807, 2.05) is 42.5 Å². The standard InChI is InChI=1S/C24H27N3O4/c28-23(27-18-4-2-1-3-5-18)15-26-25-14-20-19(21-12-13-22(20)31-21)11-8-16-6-9-17(10-7-16)24(29)30/h1-7,9-10,19-22H,8,11-15H2,(H,27,28)(H,29,30). The summed E-state index contributed by atoms with van der Waals surface area (Å²) in [5, 5.41) is 20.2. The summed E-state index contributed by atoms with van der Waals surface area (Å²) in [5.41, 5.74) is 2.19. The highest BCUT2D eigenvalue weighted by Crippen LogP contribution is 2.45. The molecule has 0 saturated carbocycles. The van der Waals surface area contributed by atoms with Crippen molar-refractivity contribution >= 4 is 17.6 Å². The van der Waals surface area contributed by atoms with E-state index in [0.717, 1.165) is 36.9 Å². The first-order valence-corrected chi connectivity index (χ1v) is 10.8. The lowest BCUT2D eigenvalue weighted by Gasteiger charge is -2.26. The molecule has 2 fully saturated rings. The summed E-state index contributed by atoms with van der Waals surface area (Å²) in [6.07, 6.45) is 4.49. The quantitative estimate of drug-likeness (QED) is 0.593. The van der Waals surface area contributed by atoms with Crippen LogP contribution < -0.4 is 5.32 Å². The lowest BCUT2D eigenvalue weighted by Crippen LogP contribution is -2.29. The maximum absolute atomic E-state index is 12.0. The Bertz CT molecular complexity index is 930. The predicted molar refractivity (Wildman–Crippen MR) is 116 cm³/mol. The molecule has 2 aromatic carbocycles. The van der Waals surface area contributed by atoms with Gasteiger partial charge in [0.2, 0.25) is 5.91 Å². The molecule has 2 saturated heterocycles. The second-order valence-corrected chi connectivity index (χ2v) is 8.20. The molecule has 4 rings (SSSR count). The number of nitrogens with zero attached hydrogens (tertiary/aromatic N) is 2. The van der Waals surface area contributed by atoms with Gasteiger partial charge in [-0.25, -0.2) is 4.79 Å². The van der Waals surface area contributed by atoms with Gasteiger partial charge in [0.1, 0.15) is 6.54 Å². The third-order valence-corrected chi connectivity index (χ3v) is 6.22. The summed E-state index contributed by atoms with van der Waals surface area (Å²) in [5.74, 6) is -0.357. The molecular formula is C24H27N3O4. The van der Waals surface area contributed by atoms with E-state index in [1.54, 1.807) is 12.1 Å². The molecule has 0 spiro atoms. The first-order valence-electron chi connectivity index (χ1n) is 10.8. The van der Waals surface area contributed by atoms with Crippen LogP contribution in [0.15, 0.2) is 64.8 Å². The molecule has 31 heavy (non-hydrogen) atoms. The fourth-order valence-corrected chi connectivity index (χ4v) is 4.66. The average molecular weight is 421 g/mol. The van der Waals surface area contributed by atoms with Crippen molar-refractivity contribution in [2.75, 3.05) is 18.4 Å². The summed E-state index contributed by atoms with van der Waals surface area (Å²) in [4.78, 5) is 23.0. The van der Waals surface area contributed by atoms with E-state index in [-0.39, 0.29) is 24.7 Å². The Morgan fingerprint density at radius 3 is 2.39 bits per heavy atom. The fraction of sp³-hybridized carbons (Fsp3) is 0.417. The number of aromatic carboxylic acids is 1. The number of fused-ring (bicyclic) bond motifs is 2. The van der Waals surface area contributed by atoms with Crippen molar-refractivity contribution in [3.63, 3.8) is 0 Å². The average Bonchev–Trinajstić information content (AvgIpc) is 3.38. The third kappa shape index (κ3) is 5.35. The van der Waals surface area contributed by atoms with Crippen LogP contribution in [-0.2, 0) is 16.0 Å². The Kier molecular flexibility index (Phi) is 6.72. The highest BCUT2D eigenvalue weighted by molar-refractivity contribution is 5.92. The summed E-state index contributed by atoms with van der Waals surface area (Å²) in [6, 6.07) is 16.4. The van der Waals surface area contributed by atoms with Crippen LogP contribution in [0.3, 0.4) is 0 Å². The van der Waals surface area contributed by atoms with E-state index in [4.69, 9.17) is 9.84 Å². The number of anilines is 1. The van der Waals surface area contributed by atoms with Crippen LogP contribution in [0.5, 0.6) is 0 Å². The Morgan fingerprint density at radius 2 is 1.68 bits per heavy atom. The molecule has 7 nitrogen and oxygen atoms in total. The molecule has 2 heterocycles. The minimum atomic E-state index is -0.907. The molecule has 7 heteroatoms. The Labute approximate surface area is 181 Å². The van der Waals surface area contributed by atoms with Crippen LogP contribution in [-0.4, -0.2) is 42.3 Å². The minimum Gasteiger partial charge on any atom is -0.478 e. The number of nitrogens with one attached hydrogen (secondary N) is 1. The number of carbonyl (C=O) groups excluding carboxylic acids is 1. The summed E-state index contributed by atoms with van der Waals surface area (Å²) in [7, 11) is 0. The number of aryl methyl sites for hydroxylation is 1. The van der Waals surface area contributed by atoms with Gasteiger partial charge < -0.3 is 15.2 Å². The van der Waals surface area contributed by atoms with Crippen molar-refractivity contribution in [2.24, 2.45) is 22.1 Å². The van der Waals surface area contributed by atoms with E-state index < -0.39 is 5.97 Å². The van der Waals surface area contributed by atoms with Crippen LogP contribution in [0, 0.1) is 11.8 Å². The second kappa shape index (κ2) is 9.83. The lowest BCUT2D eigenvalue weighted by molar-refractivity contribution is -0.114. The predicted octanol–water partition coefficient (Wildman–Crippen LogP) is 4.20. The number of carbonyl (C=O) groups is 2. The van der Waals surface area contributed by atoms with E-state index in [9.17, 15) is 9.59 Å². The van der Waals surface area contributed by atoms with E-state index >= 15 is 0 Å². The number of para-hydroxylation sites is 1. The number of ether oxygens (including phenoxy) is 1. The molecule has 4 unspecified atom stereocenters. The number of amides is 1. The van der Waals surface area contributed by atoms with Gasteiger partial charge in [0.15, 0.2) is 0 Å². The molecule has 1 amide bonds. The number of hydrogen-bond donors (Lipinski definition) is 2. The van der Waals surface area contributed by atoms with Crippen LogP contribution in [0.2, 0.25) is 0 Å². The summed E-state index contributed by atoms with van der Waals surface area (Å²) < 4.78 is 6.13. The summed E-state index contributed by atoms with van der Waals surface area (Å²) >= 11 is 0. The molecule has 4 atom stereocenters. The molecule has 2 aromatic rings. The van der Waals surface area contributed by atoms with Gasteiger partial charge >= 0.3 is 5.97 Å². The molecular weight excluding hydrogens is 394 g/mol. The number of hydrogen-bond acceptors (Lipinski definition) is 5. The van der Waals surface area contributed by atoms with Gasteiger partial charge in [-0.3, -0.25) is 4.79 Å². The highest BCUT2D eigenvalue weighted by Gasteiger charge is 2.48. The lowest BCUT2D eigenvalue weighted by atomic mass is 9.76. The SMILES string of the molecule is O=C(CN=NCC1C2CCC(O2)C1CCc1ccc(C(=O)O)cc1)Nc1ccccc1. The van der Waals surface area contributed by atoms with E-state index in [2.05, 4.69) is 15.5 Å². The van der Waals surface area contributed by atoms with E-state index in [0.29, 0.717) is 23.9 Å². The zero-order chi connectivity index (χ0) is 21.6. The van der Waals surface area contributed by atoms with Gasteiger partial charge in [-0.15, -0.1) is 0 Å². The Morgan fingerprint density at radius 1 is 0.968 bits per heavy atom. The molecule has 2 N–H and O–H groups in total. The molecule has 162 valence electrons. The van der Waals surface area contributed by atoms with Crippen LogP contribution in [0.1, 0.15) is 35.2 Å². The molecule has 0 aliphatic carbocycles. The van der Waals surface area contributed by atoms with Gasteiger partial charge in [-0.2, -0.15) is 10.2 Å². The highest BCUT2D eigenvalue weighted by atomic mass is 16.5. The van der Waals surface area contributed by atoms with Crippen molar-refractivity contribution < 1.29 is 19.4 Å². The first-order chi connectivity index (χ1) is 15.1. The zero-order valence-electron chi connectivity index (χ0n) is 17.3. The van der Waals surface area contributed by atoms with Crippen molar-refractivity contribution in [3.8, 4) is 0 Å². The van der Waals surface area contributed by atoms with Crippen molar-refractivity contribution in [1.82, 2.24) is 0 Å². The fourth-order valence-electron chi connectivity index (χ4n) is 4.66. The molecule has 0 radical (unpaired) electrons. The van der Waals surface area contributed by atoms with Crippen LogP contribution >= 0.6 is 0 Å². The first kappa shape index (κ1) is 21.2. The molecule has 2 bridgehead atoms. The van der Waals surface area contributed by atoms with Crippen molar-refractivity contribution in [2.45, 2.75) is 37.9 Å². The zero-order valence-corrected chi connectivity index (χ0v) is 17.3. The van der Waals surface area contributed by atoms with Gasteiger partial charge in [-0.1, -0.05) is 30.3 Å². The molecule has 0 aromatic heterocycles. The molecule has 2 aliphatic rings. The minimum absolute atomic E-state index is 0.0111. The molecule has 2 aliphatic heterocycles. The second-order valence-electron chi connectivity index (χ2n) is 8.20. The van der Waals surface area contributed by atoms with Gasteiger partial charge in [-0.05, 0) is 61.4 Å². The van der Waals surface area contributed by atoms with Crippen LogP contribution in [0.25, 0.3) is 0 Å². The summed E-state index contributed by atoms with van der Waals surface area (Å²) in [6.45, 7) is 0.583. The number of benzene rings is 2. The largest absolute Gasteiger partial charge is 0.478 e. The van der Waals surface area contributed by atoms with Gasteiger partial charge in [0, 0.05) is 11.6 Å². The number of carboxylic acids is 1. The smallest absolute Gasteiger partial charge is 0.335 e. The number of rotatable bonds is 9. The van der Waals surface area contributed by atoms with Crippen molar-refractivity contribution in [3.05, 3.63) is 65.7 Å².